The van der Waals surface area contributed by atoms with Gasteiger partial charge in [-0.2, -0.15) is 0 Å². The van der Waals surface area contributed by atoms with Gasteiger partial charge in [0.2, 0.25) is 0 Å². The van der Waals surface area contributed by atoms with E-state index in [1.165, 1.54) is 31.4 Å². The lowest BCUT2D eigenvalue weighted by molar-refractivity contribution is -0.123. The van der Waals surface area contributed by atoms with E-state index in [9.17, 15) is 14.4 Å². The fourth-order valence-corrected chi connectivity index (χ4v) is 2.75. The molecule has 144 valence electrons. The van der Waals surface area contributed by atoms with E-state index in [1.54, 1.807) is 29.6 Å². The zero-order valence-electron chi connectivity index (χ0n) is 15.2. The zero-order chi connectivity index (χ0) is 19.8. The Labute approximate surface area is 160 Å². The molecule has 0 radical (unpaired) electrons. The fraction of sp³-hybridized carbons (Fsp3) is 0.278. The van der Waals surface area contributed by atoms with Gasteiger partial charge in [0.25, 0.3) is 17.7 Å². The van der Waals surface area contributed by atoms with Crippen LogP contribution in [0.4, 0.5) is 0 Å². The maximum Gasteiger partial charge on any atom is 0.269 e. The average Bonchev–Trinajstić information content (AvgIpc) is 3.21. The molecular weight excluding hydrogens is 370 g/mol. The molecule has 0 aliphatic carbocycles. The molecule has 0 bridgehead atoms. The third-order valence-electron chi connectivity index (χ3n) is 3.51. The molecule has 3 amide bonds. The van der Waals surface area contributed by atoms with Crippen molar-refractivity contribution in [3.05, 3.63) is 46.2 Å². The van der Waals surface area contributed by atoms with Crippen LogP contribution in [0.5, 0.6) is 11.5 Å². The van der Waals surface area contributed by atoms with Crippen LogP contribution < -0.4 is 25.6 Å². The van der Waals surface area contributed by atoms with Gasteiger partial charge in [0.15, 0.2) is 11.5 Å². The minimum Gasteiger partial charge on any atom is -0.493 e. The Morgan fingerprint density at radius 2 is 1.89 bits per heavy atom. The van der Waals surface area contributed by atoms with E-state index in [4.69, 9.17) is 9.47 Å². The summed E-state index contributed by atoms with van der Waals surface area (Å²) in [6.07, 6.45) is 0. The van der Waals surface area contributed by atoms with E-state index >= 15 is 0 Å². The highest BCUT2D eigenvalue weighted by Crippen LogP contribution is 2.27. The van der Waals surface area contributed by atoms with Gasteiger partial charge in [0.05, 0.1) is 18.6 Å². The summed E-state index contributed by atoms with van der Waals surface area (Å²) in [7, 11) is 1.47. The highest BCUT2D eigenvalue weighted by molar-refractivity contribution is 7.12. The summed E-state index contributed by atoms with van der Waals surface area (Å²) in [5.74, 6) is -0.499. The second-order valence-corrected chi connectivity index (χ2v) is 6.36. The maximum atomic E-state index is 12.2. The van der Waals surface area contributed by atoms with Crippen molar-refractivity contribution in [1.29, 1.82) is 0 Å². The Morgan fingerprint density at radius 1 is 1.11 bits per heavy atom. The van der Waals surface area contributed by atoms with Gasteiger partial charge in [-0.3, -0.25) is 25.2 Å². The van der Waals surface area contributed by atoms with Gasteiger partial charge < -0.3 is 14.8 Å². The van der Waals surface area contributed by atoms with E-state index in [0.29, 0.717) is 23.0 Å². The zero-order valence-corrected chi connectivity index (χ0v) is 16.0. The molecule has 3 N–H and O–H groups in total. The van der Waals surface area contributed by atoms with E-state index in [2.05, 4.69) is 16.2 Å². The molecule has 1 unspecified atom stereocenters. The largest absolute Gasteiger partial charge is 0.493 e. The van der Waals surface area contributed by atoms with E-state index in [0.717, 1.165) is 0 Å². The lowest BCUT2D eigenvalue weighted by Crippen LogP contribution is -2.51. The lowest BCUT2D eigenvalue weighted by atomic mass is 10.2. The number of hydrazine groups is 1. The van der Waals surface area contributed by atoms with Crippen LogP contribution in [-0.2, 0) is 4.79 Å². The minimum absolute atomic E-state index is 0.283. The summed E-state index contributed by atoms with van der Waals surface area (Å²) in [5.41, 5.74) is 4.88. The molecule has 1 aromatic carbocycles. The first kappa shape index (κ1) is 20.2. The number of carbonyl (C=O) groups is 3. The SMILES string of the molecule is CCOc1ccc(C(=O)NNC(=O)C(C)NC(=O)c2cccs2)cc1OC. The van der Waals surface area contributed by atoms with Crippen molar-refractivity contribution in [3.63, 3.8) is 0 Å². The molecule has 1 atom stereocenters. The fourth-order valence-electron chi connectivity index (χ4n) is 2.12. The summed E-state index contributed by atoms with van der Waals surface area (Å²) < 4.78 is 10.6. The number of ether oxygens (including phenoxy) is 2. The molecule has 8 nitrogen and oxygen atoms in total. The molecule has 0 fully saturated rings. The molecule has 1 aromatic heterocycles. The summed E-state index contributed by atoms with van der Waals surface area (Å²) in [5, 5.41) is 4.33. The van der Waals surface area contributed by atoms with E-state index < -0.39 is 17.9 Å². The van der Waals surface area contributed by atoms with Gasteiger partial charge in [-0.15, -0.1) is 11.3 Å². The second kappa shape index (κ2) is 9.58. The average molecular weight is 391 g/mol. The number of hydrogen-bond acceptors (Lipinski definition) is 6. The summed E-state index contributed by atoms with van der Waals surface area (Å²) in [6, 6.07) is 7.25. The standard InChI is InChI=1S/C18H21N3O5S/c1-4-26-13-8-7-12(10-14(13)25-3)17(23)21-20-16(22)11(2)19-18(24)15-6-5-9-27-15/h5-11H,4H2,1-3H3,(H,19,24)(H,20,22)(H,21,23). The van der Waals surface area contributed by atoms with E-state index in [1.807, 2.05) is 6.92 Å². The van der Waals surface area contributed by atoms with Crippen molar-refractivity contribution in [3.8, 4) is 11.5 Å². The van der Waals surface area contributed by atoms with Gasteiger partial charge in [-0.1, -0.05) is 6.07 Å². The smallest absolute Gasteiger partial charge is 0.269 e. The van der Waals surface area contributed by atoms with Crippen LogP contribution in [0.1, 0.15) is 33.9 Å². The maximum absolute atomic E-state index is 12.2. The van der Waals surface area contributed by atoms with Gasteiger partial charge >= 0.3 is 0 Å². The molecule has 9 heteroatoms. The molecule has 0 aliphatic rings. The number of rotatable bonds is 7. The van der Waals surface area contributed by atoms with Crippen molar-refractivity contribution in [2.24, 2.45) is 0 Å². The number of methoxy groups -OCH3 is 1. The monoisotopic (exact) mass is 391 g/mol. The first-order valence-electron chi connectivity index (χ1n) is 8.21. The van der Waals surface area contributed by atoms with Gasteiger partial charge in [-0.25, -0.2) is 0 Å². The molecule has 0 spiro atoms. The molecule has 2 aromatic rings. The predicted octanol–water partition coefficient (Wildman–Crippen LogP) is 1.73. The number of thiophene rings is 1. The topological polar surface area (TPSA) is 106 Å². The Balaban J connectivity index is 1.90. The molecule has 2 rings (SSSR count). The van der Waals surface area contributed by atoms with Crippen LogP contribution in [0.25, 0.3) is 0 Å². The quantitative estimate of drug-likeness (QED) is 0.624. The second-order valence-electron chi connectivity index (χ2n) is 5.41. The number of amides is 3. The predicted molar refractivity (Wildman–Crippen MR) is 101 cm³/mol. The van der Waals surface area contributed by atoms with Crippen LogP contribution in [-0.4, -0.2) is 37.5 Å². The van der Waals surface area contributed by atoms with Crippen LogP contribution in [0.15, 0.2) is 35.7 Å². The number of hydrogen-bond donors (Lipinski definition) is 3. The van der Waals surface area contributed by atoms with Crippen LogP contribution in [0.3, 0.4) is 0 Å². The molecule has 1 heterocycles. The van der Waals surface area contributed by atoms with Crippen LogP contribution in [0.2, 0.25) is 0 Å². The molecular formula is C18H21N3O5S. The Bertz CT molecular complexity index is 807. The normalized spacial score (nSPS) is 11.2. The van der Waals surface area contributed by atoms with Crippen molar-refractivity contribution in [1.82, 2.24) is 16.2 Å². The molecule has 0 saturated carbocycles. The first-order chi connectivity index (χ1) is 13.0. The third-order valence-corrected chi connectivity index (χ3v) is 4.38. The lowest BCUT2D eigenvalue weighted by Gasteiger charge is -2.15. The van der Waals surface area contributed by atoms with Crippen molar-refractivity contribution >= 4 is 29.1 Å². The highest BCUT2D eigenvalue weighted by Gasteiger charge is 2.18. The van der Waals surface area contributed by atoms with Gasteiger partial charge in [0, 0.05) is 5.56 Å². The molecule has 27 heavy (non-hydrogen) atoms. The number of benzene rings is 1. The molecule has 0 aliphatic heterocycles. The summed E-state index contributed by atoms with van der Waals surface area (Å²) >= 11 is 1.27. The third kappa shape index (κ3) is 5.45. The first-order valence-corrected chi connectivity index (χ1v) is 9.09. The van der Waals surface area contributed by atoms with E-state index in [-0.39, 0.29) is 11.5 Å². The number of carbonyl (C=O) groups excluding carboxylic acids is 3. The Kier molecular flexibility index (Phi) is 7.18. The highest BCUT2D eigenvalue weighted by atomic mass is 32.1. The molecule has 0 saturated heterocycles. The number of nitrogens with one attached hydrogen (secondary N) is 3. The Morgan fingerprint density at radius 3 is 2.52 bits per heavy atom. The summed E-state index contributed by atoms with van der Waals surface area (Å²) in [4.78, 5) is 36.7. The van der Waals surface area contributed by atoms with Crippen molar-refractivity contribution in [2.45, 2.75) is 19.9 Å². The van der Waals surface area contributed by atoms with Gasteiger partial charge in [-0.05, 0) is 43.5 Å². The van der Waals surface area contributed by atoms with Crippen LogP contribution in [0, 0.1) is 0 Å². The minimum atomic E-state index is -0.824. The van der Waals surface area contributed by atoms with Crippen LogP contribution >= 0.6 is 11.3 Å². The Hall–Kier alpha value is -3.07. The van der Waals surface area contributed by atoms with Crippen molar-refractivity contribution < 1.29 is 23.9 Å². The van der Waals surface area contributed by atoms with Gasteiger partial charge in [0.1, 0.15) is 6.04 Å². The summed E-state index contributed by atoms with van der Waals surface area (Å²) in [6.45, 7) is 3.83. The van der Waals surface area contributed by atoms with Crippen molar-refractivity contribution in [2.75, 3.05) is 13.7 Å².